The zero-order valence-corrected chi connectivity index (χ0v) is 26.8. The highest BCUT2D eigenvalue weighted by Crippen LogP contribution is 2.47. The number of hydrogen-bond acceptors (Lipinski definition) is 6. The molecule has 1 aromatic heterocycles. The van der Waals surface area contributed by atoms with E-state index in [1.54, 1.807) is 36.0 Å². The second-order valence-electron chi connectivity index (χ2n) is 10.7. The van der Waals surface area contributed by atoms with E-state index in [0.29, 0.717) is 32.7 Å². The Hall–Kier alpha value is -3.09. The molecule has 0 saturated heterocycles. The fraction of sp³-hybridized carbons (Fsp3) is 0.233. The van der Waals surface area contributed by atoms with Gasteiger partial charge >= 0.3 is 0 Å². The van der Waals surface area contributed by atoms with Crippen molar-refractivity contribution in [2.45, 2.75) is 43.8 Å². The number of halogens is 4. The molecule has 0 fully saturated rings. The van der Waals surface area contributed by atoms with E-state index >= 15 is 0 Å². The average Bonchev–Trinajstić information content (AvgIpc) is 3.50. The number of nitrogens with zero attached hydrogens (tertiary/aromatic N) is 4. The maximum Gasteiger partial charge on any atom is 0.206 e. The minimum atomic E-state index is -1.74. The molecule has 3 aromatic carbocycles. The van der Waals surface area contributed by atoms with Gasteiger partial charge in [-0.15, -0.1) is 22.0 Å². The summed E-state index contributed by atoms with van der Waals surface area (Å²) in [6.07, 6.45) is 2.13. The van der Waals surface area contributed by atoms with Crippen LogP contribution < -0.4 is 10.0 Å². The number of thioether (sulfide) groups is 1. The van der Waals surface area contributed by atoms with Crippen LogP contribution in [0.1, 0.15) is 38.8 Å². The first-order valence-electron chi connectivity index (χ1n) is 13.2. The molecule has 1 aliphatic heterocycles. The van der Waals surface area contributed by atoms with Crippen molar-refractivity contribution in [1.29, 1.82) is 0 Å². The van der Waals surface area contributed by atoms with Crippen molar-refractivity contribution in [3.63, 3.8) is 0 Å². The first kappa shape index (κ1) is 31.3. The standard InChI is InChI=1S/C30H28Cl2F2N6OS2/c1-16-11-27(30(3,4)19-6-10-26(43(35)41)23(32)13-19)40(20-7-9-24(33)25(34)14-20)29(17(16)2)42-15-18-5-8-22(31)21(12-18)28-36-38-39-37-28/h5-14,16H,15,35H2,1-4H3,(H,36,37,38,39). The van der Waals surface area contributed by atoms with E-state index < -0.39 is 28.0 Å². The zero-order valence-electron chi connectivity index (χ0n) is 23.7. The van der Waals surface area contributed by atoms with Gasteiger partial charge < -0.3 is 4.90 Å². The van der Waals surface area contributed by atoms with Crippen LogP contribution in [0, 0.1) is 17.6 Å². The van der Waals surface area contributed by atoms with Crippen LogP contribution in [0.25, 0.3) is 11.4 Å². The number of hydrogen-bond donors (Lipinski definition) is 2. The Balaban J connectivity index is 1.58. The maximum atomic E-state index is 14.7. The van der Waals surface area contributed by atoms with Crippen molar-refractivity contribution in [3.8, 4) is 11.4 Å². The van der Waals surface area contributed by atoms with Crippen LogP contribution in [0.2, 0.25) is 10.0 Å². The van der Waals surface area contributed by atoms with Crippen LogP contribution in [0.15, 0.2) is 81.9 Å². The molecule has 13 heteroatoms. The summed E-state index contributed by atoms with van der Waals surface area (Å²) in [4.78, 5) is 2.31. The SMILES string of the molecule is CC1=C(SCc2ccc(Cl)c(-c3nn[nH]n3)c2)N(c2ccc(F)c(F)c2)C(C(C)(C)c2ccc(S(N)=O)c(Cl)c2)=CC1C. The normalized spacial score (nSPS) is 16.4. The third kappa shape index (κ3) is 6.28. The number of allylic oxidation sites excluding steroid dienone is 3. The van der Waals surface area contributed by atoms with E-state index in [1.807, 2.05) is 43.9 Å². The number of anilines is 1. The van der Waals surface area contributed by atoms with Crippen molar-refractivity contribution in [2.75, 3.05) is 4.90 Å². The number of aromatic amines is 1. The monoisotopic (exact) mass is 660 g/mol. The van der Waals surface area contributed by atoms with Crippen LogP contribution in [0.4, 0.5) is 14.5 Å². The molecule has 3 N–H and O–H groups in total. The summed E-state index contributed by atoms with van der Waals surface area (Å²) in [7, 11) is -1.74. The molecule has 2 atom stereocenters. The lowest BCUT2D eigenvalue weighted by Crippen LogP contribution is -2.37. The Labute approximate surface area is 265 Å². The van der Waals surface area contributed by atoms with Crippen LogP contribution >= 0.6 is 35.0 Å². The summed E-state index contributed by atoms with van der Waals surface area (Å²) < 4.78 is 40.7. The van der Waals surface area contributed by atoms with E-state index in [4.69, 9.17) is 28.3 Å². The van der Waals surface area contributed by atoms with Gasteiger partial charge in [0.2, 0.25) is 5.82 Å². The Morgan fingerprint density at radius 2 is 1.84 bits per heavy atom. The van der Waals surface area contributed by atoms with Crippen molar-refractivity contribution in [2.24, 2.45) is 11.1 Å². The fourth-order valence-electron chi connectivity index (χ4n) is 4.93. The Morgan fingerprint density at radius 1 is 1.07 bits per heavy atom. The summed E-state index contributed by atoms with van der Waals surface area (Å²) in [6, 6.07) is 14.8. The third-order valence-electron chi connectivity index (χ3n) is 7.54. The van der Waals surface area contributed by atoms with E-state index in [-0.39, 0.29) is 10.9 Å². The van der Waals surface area contributed by atoms with E-state index in [0.717, 1.165) is 33.5 Å². The van der Waals surface area contributed by atoms with Crippen molar-refractivity contribution in [1.82, 2.24) is 20.6 Å². The van der Waals surface area contributed by atoms with Gasteiger partial charge in [-0.1, -0.05) is 62.2 Å². The molecule has 2 heterocycles. The molecule has 2 unspecified atom stereocenters. The lowest BCUT2D eigenvalue weighted by atomic mass is 9.78. The lowest BCUT2D eigenvalue weighted by Gasteiger charge is -2.43. The lowest BCUT2D eigenvalue weighted by molar-refractivity contribution is 0.508. The van der Waals surface area contributed by atoms with Crippen LogP contribution in [0.3, 0.4) is 0 Å². The molecular formula is C30H28Cl2F2N6OS2. The minimum absolute atomic E-state index is 0.0321. The number of rotatable bonds is 8. The smallest absolute Gasteiger partial charge is 0.206 e. The highest BCUT2D eigenvalue weighted by Gasteiger charge is 2.37. The average molecular weight is 662 g/mol. The van der Waals surface area contributed by atoms with E-state index in [2.05, 4.69) is 33.6 Å². The maximum absolute atomic E-state index is 14.7. The summed E-state index contributed by atoms with van der Waals surface area (Å²) in [5.74, 6) is -0.920. The summed E-state index contributed by atoms with van der Waals surface area (Å²) in [5.41, 5.74) is 4.16. The highest BCUT2D eigenvalue weighted by molar-refractivity contribution is 8.02. The molecule has 43 heavy (non-hydrogen) atoms. The van der Waals surface area contributed by atoms with Crippen LogP contribution in [0.5, 0.6) is 0 Å². The quantitative estimate of drug-likeness (QED) is 0.199. The van der Waals surface area contributed by atoms with Gasteiger partial charge in [0.1, 0.15) is 11.0 Å². The Morgan fingerprint density at radius 3 is 2.49 bits per heavy atom. The molecule has 5 rings (SSSR count). The van der Waals surface area contributed by atoms with Gasteiger partial charge in [0.25, 0.3) is 0 Å². The summed E-state index contributed by atoms with van der Waals surface area (Å²) in [6.45, 7) is 8.19. The Kier molecular flexibility index (Phi) is 9.10. The van der Waals surface area contributed by atoms with E-state index in [9.17, 15) is 13.0 Å². The number of tetrazole rings is 1. The number of H-pyrrole nitrogens is 1. The Bertz CT molecular complexity index is 1780. The molecule has 224 valence electrons. The highest BCUT2D eigenvalue weighted by atomic mass is 35.5. The molecule has 0 radical (unpaired) electrons. The molecular weight excluding hydrogens is 633 g/mol. The number of nitrogens with two attached hydrogens (primary N) is 1. The molecule has 0 bridgehead atoms. The minimum Gasteiger partial charge on any atom is -0.308 e. The van der Waals surface area contributed by atoms with Gasteiger partial charge in [0.15, 0.2) is 11.6 Å². The first-order chi connectivity index (χ1) is 20.4. The predicted octanol–water partition coefficient (Wildman–Crippen LogP) is 7.92. The van der Waals surface area contributed by atoms with Crippen molar-refractivity contribution in [3.05, 3.63) is 110 Å². The molecule has 0 spiro atoms. The van der Waals surface area contributed by atoms with Gasteiger partial charge in [-0.25, -0.2) is 18.1 Å². The molecule has 7 nitrogen and oxygen atoms in total. The van der Waals surface area contributed by atoms with Gasteiger partial charge in [0.05, 0.1) is 20.0 Å². The van der Waals surface area contributed by atoms with Gasteiger partial charge in [0, 0.05) is 34.2 Å². The first-order valence-corrected chi connectivity index (χ1v) is 16.1. The number of benzene rings is 3. The molecule has 0 aliphatic carbocycles. The topological polar surface area (TPSA) is 101 Å². The van der Waals surface area contributed by atoms with Crippen molar-refractivity contribution < 1.29 is 13.0 Å². The second-order valence-corrected chi connectivity index (χ2v) is 13.5. The van der Waals surface area contributed by atoms with Gasteiger partial charge in [-0.3, -0.25) is 0 Å². The second kappa shape index (κ2) is 12.5. The van der Waals surface area contributed by atoms with Gasteiger partial charge in [-0.05, 0) is 71.2 Å². The molecule has 0 amide bonds. The van der Waals surface area contributed by atoms with Crippen LogP contribution in [-0.2, 0) is 22.2 Å². The largest absolute Gasteiger partial charge is 0.308 e. The third-order valence-corrected chi connectivity index (χ3v) is 10.3. The predicted molar refractivity (Wildman–Crippen MR) is 170 cm³/mol. The molecule has 0 saturated carbocycles. The zero-order chi connectivity index (χ0) is 31.1. The number of aromatic nitrogens is 4. The summed E-state index contributed by atoms with van der Waals surface area (Å²) >= 11 is 14.5. The molecule has 4 aromatic rings. The summed E-state index contributed by atoms with van der Waals surface area (Å²) in [5, 5.41) is 21.4. The van der Waals surface area contributed by atoms with Crippen LogP contribution in [-0.4, -0.2) is 24.8 Å². The number of nitrogens with one attached hydrogen (secondary N) is 1. The van der Waals surface area contributed by atoms with Gasteiger partial charge in [-0.2, -0.15) is 5.21 Å². The fourth-order valence-corrected chi connectivity index (χ4v) is 7.22. The van der Waals surface area contributed by atoms with E-state index in [1.165, 1.54) is 6.07 Å². The molecule has 1 aliphatic rings. The van der Waals surface area contributed by atoms with Crippen molar-refractivity contribution >= 4 is 51.6 Å².